The third kappa shape index (κ3) is 5.04. The molecule has 0 radical (unpaired) electrons. The molecule has 0 spiro atoms. The van der Waals surface area contributed by atoms with Gasteiger partial charge < -0.3 is 9.80 Å². The van der Waals surface area contributed by atoms with Gasteiger partial charge in [0.1, 0.15) is 0 Å². The van der Waals surface area contributed by atoms with Crippen molar-refractivity contribution in [2.45, 2.75) is 57.8 Å². The average molecular weight is 704 g/mol. The maximum Gasteiger partial charge on any atom is 0.438 e. The summed E-state index contributed by atoms with van der Waals surface area (Å²) in [4.78, 5) is 45.3. The van der Waals surface area contributed by atoms with Crippen molar-refractivity contribution in [2.75, 3.05) is 38.0 Å². The SMILES string of the molecule is CN1C(=O)C(=C2/C(=C/C=C3N(C)c4ccc5ccccc5c4C3(C)C)CCC/C2=C\C=C2\N(C)c3ccc4ccccc4c3C2(C)C)C(=[OH+])N(C)C1=O. The number of amides is 4. The van der Waals surface area contributed by atoms with E-state index in [-0.39, 0.29) is 22.3 Å². The number of rotatable bonds is 2. The highest BCUT2D eigenvalue weighted by atomic mass is 16.2. The molecule has 7 heteroatoms. The first-order valence-electron chi connectivity index (χ1n) is 18.5. The first kappa shape index (κ1) is 34.4. The number of likely N-dealkylation sites (N-methyl/N-ethyl adjacent to an activating group) is 4. The number of hydrogen-bond acceptors (Lipinski definition) is 4. The summed E-state index contributed by atoms with van der Waals surface area (Å²) >= 11 is 0. The lowest BCUT2D eigenvalue weighted by atomic mass is 9.78. The maximum absolute atomic E-state index is 14.0. The summed E-state index contributed by atoms with van der Waals surface area (Å²) in [6.45, 7) is 9.07. The lowest BCUT2D eigenvalue weighted by Crippen LogP contribution is -2.53. The molecule has 0 unspecified atom stereocenters. The van der Waals surface area contributed by atoms with E-state index >= 15 is 0 Å². The Morgan fingerprint density at radius 2 is 1.02 bits per heavy atom. The van der Waals surface area contributed by atoms with E-state index in [4.69, 9.17) is 0 Å². The minimum absolute atomic E-state index is 0.158. The Morgan fingerprint density at radius 3 is 1.49 bits per heavy atom. The summed E-state index contributed by atoms with van der Waals surface area (Å²) in [6, 6.07) is 25.3. The maximum atomic E-state index is 14.0. The van der Waals surface area contributed by atoms with Crippen LogP contribution < -0.4 is 9.80 Å². The largest absolute Gasteiger partial charge is 0.438 e. The van der Waals surface area contributed by atoms with Crippen molar-refractivity contribution in [3.8, 4) is 0 Å². The van der Waals surface area contributed by atoms with Gasteiger partial charge in [0.05, 0.1) is 0 Å². The van der Waals surface area contributed by atoms with Crippen molar-refractivity contribution in [2.24, 2.45) is 0 Å². The van der Waals surface area contributed by atoms with Crippen LogP contribution in [0.5, 0.6) is 0 Å². The van der Waals surface area contributed by atoms with E-state index in [1.807, 2.05) is 0 Å². The van der Waals surface area contributed by atoms with E-state index < -0.39 is 11.9 Å². The Bertz CT molecular complexity index is 2290. The van der Waals surface area contributed by atoms with Gasteiger partial charge in [-0.05, 0) is 87.4 Å². The Hall–Kier alpha value is -5.69. The van der Waals surface area contributed by atoms with E-state index in [0.29, 0.717) is 5.57 Å². The fraction of sp³-hybridized carbons (Fsp3) is 0.283. The minimum atomic E-state index is -0.563. The molecule has 2 fully saturated rings. The molecule has 53 heavy (non-hydrogen) atoms. The highest BCUT2D eigenvalue weighted by Gasteiger charge is 2.46. The molecule has 1 saturated heterocycles. The number of barbiturate groups is 1. The zero-order valence-corrected chi connectivity index (χ0v) is 31.9. The molecule has 4 aromatic carbocycles. The van der Waals surface area contributed by atoms with Gasteiger partial charge >= 0.3 is 11.9 Å². The molecule has 4 aliphatic rings. The lowest BCUT2D eigenvalue weighted by Gasteiger charge is -2.30. The molecule has 8 rings (SSSR count). The summed E-state index contributed by atoms with van der Waals surface area (Å²) in [5, 5.41) is 4.92. The number of carbonyl (C=O) groups is 2. The van der Waals surface area contributed by atoms with Crippen LogP contribution in [0, 0.1) is 0 Å². The number of hydrogen-bond donors (Lipinski definition) is 0. The van der Waals surface area contributed by atoms with Crippen LogP contribution in [0.1, 0.15) is 58.1 Å². The van der Waals surface area contributed by atoms with Crippen molar-refractivity contribution >= 4 is 50.8 Å². The molecule has 1 saturated carbocycles. The second-order valence-corrected chi connectivity index (χ2v) is 15.9. The van der Waals surface area contributed by atoms with Crippen LogP contribution in [0.3, 0.4) is 0 Å². The molecule has 3 heterocycles. The van der Waals surface area contributed by atoms with E-state index in [1.165, 1.54) is 58.1 Å². The van der Waals surface area contributed by atoms with Crippen LogP contribution in [0.25, 0.3) is 21.5 Å². The van der Waals surface area contributed by atoms with E-state index in [9.17, 15) is 14.4 Å². The van der Waals surface area contributed by atoms with Crippen molar-refractivity contribution in [3.63, 3.8) is 0 Å². The zero-order chi connectivity index (χ0) is 37.6. The molecule has 1 N–H and O–H groups in total. The quantitative estimate of drug-likeness (QED) is 0.119. The summed E-state index contributed by atoms with van der Waals surface area (Å²) in [7, 11) is 7.22. The fourth-order valence-corrected chi connectivity index (χ4v) is 9.38. The smallest absolute Gasteiger partial charge is 0.347 e. The molecule has 7 nitrogen and oxygen atoms in total. The molecular weight excluding hydrogens is 657 g/mol. The second kappa shape index (κ2) is 12.2. The monoisotopic (exact) mass is 703 g/mol. The van der Waals surface area contributed by atoms with Gasteiger partial charge in [0.15, 0.2) is 5.57 Å². The van der Waals surface area contributed by atoms with Crippen LogP contribution >= 0.6 is 0 Å². The number of imide groups is 2. The highest BCUT2D eigenvalue weighted by molar-refractivity contribution is 6.30. The van der Waals surface area contributed by atoms with Gasteiger partial charge in [-0.2, -0.15) is 0 Å². The minimum Gasteiger partial charge on any atom is -0.347 e. The zero-order valence-electron chi connectivity index (χ0n) is 31.9. The molecule has 0 atom stereocenters. The van der Waals surface area contributed by atoms with Crippen molar-refractivity contribution < 1.29 is 14.4 Å². The Kier molecular flexibility index (Phi) is 7.91. The van der Waals surface area contributed by atoms with E-state index in [2.05, 4.69) is 149 Å². The number of carbonyl (C=O) groups excluding carboxylic acids is 3. The number of nitrogens with zero attached hydrogens (tertiary/aromatic N) is 4. The summed E-state index contributed by atoms with van der Waals surface area (Å²) < 4.78 is 0. The fourth-order valence-electron chi connectivity index (χ4n) is 9.38. The number of allylic oxidation sites excluding steroid dienone is 9. The second-order valence-electron chi connectivity index (χ2n) is 15.9. The molecule has 1 aliphatic carbocycles. The van der Waals surface area contributed by atoms with Crippen LogP contribution in [0.15, 0.2) is 131 Å². The van der Waals surface area contributed by atoms with Gasteiger partial charge in [-0.15, -0.1) is 0 Å². The van der Waals surface area contributed by atoms with Gasteiger partial charge in [0, 0.05) is 67.4 Å². The van der Waals surface area contributed by atoms with Gasteiger partial charge in [-0.1, -0.05) is 101 Å². The van der Waals surface area contributed by atoms with Crippen molar-refractivity contribution in [3.05, 3.63) is 142 Å². The van der Waals surface area contributed by atoms with Crippen molar-refractivity contribution in [1.82, 2.24) is 9.80 Å². The molecule has 0 aromatic heterocycles. The Balaban J connectivity index is 1.28. The summed E-state index contributed by atoms with van der Waals surface area (Å²) in [5.41, 5.74) is 9.44. The van der Waals surface area contributed by atoms with Crippen LogP contribution in [-0.2, 0) is 15.6 Å². The van der Waals surface area contributed by atoms with Gasteiger partial charge in [-0.3, -0.25) is 14.5 Å². The molecule has 4 aromatic rings. The third-order valence-corrected chi connectivity index (χ3v) is 12.1. The first-order chi connectivity index (χ1) is 25.2. The van der Waals surface area contributed by atoms with Crippen LogP contribution in [0.4, 0.5) is 16.2 Å². The van der Waals surface area contributed by atoms with E-state index in [0.717, 1.165) is 51.6 Å². The predicted octanol–water partition coefficient (Wildman–Crippen LogP) is 9.28. The van der Waals surface area contributed by atoms with Crippen LogP contribution in [-0.4, -0.2) is 60.6 Å². The van der Waals surface area contributed by atoms with Crippen LogP contribution in [0.2, 0.25) is 0 Å². The molecule has 3 aliphatic heterocycles. The van der Waals surface area contributed by atoms with Gasteiger partial charge in [-0.25, -0.2) is 9.69 Å². The Morgan fingerprint density at radius 1 is 0.566 bits per heavy atom. The normalized spacial score (nSPS) is 24.2. The summed E-state index contributed by atoms with van der Waals surface area (Å²) in [5.74, 6) is -0.824. The van der Waals surface area contributed by atoms with E-state index in [1.54, 1.807) is 0 Å². The number of benzene rings is 4. The number of anilines is 2. The van der Waals surface area contributed by atoms with Crippen molar-refractivity contribution in [1.29, 1.82) is 0 Å². The lowest BCUT2D eigenvalue weighted by molar-refractivity contribution is -0.123. The number of urea groups is 1. The highest BCUT2D eigenvalue weighted by Crippen LogP contribution is 2.52. The molecule has 268 valence electrons. The third-order valence-electron chi connectivity index (χ3n) is 12.1. The Labute approximate surface area is 311 Å². The standard InChI is InChI=1S/C46H46N4O3/c1-45(2)36(47(5)34-24-20-28-14-9-11-18-32(28)40(34)45)26-22-30-16-13-17-31(38(30)39-42(51)49(7)44(53)50(8)43(39)52)23-27-37-46(3,4)41-33-19-12-10-15-29(33)21-25-35(41)48(37)6/h9-12,14-15,18-27H,13,16-17H2,1-8H3/p+1/b30-22+,31-23+,36-26+,37-27?. The number of fused-ring (bicyclic) bond motifs is 6. The topological polar surface area (TPSA) is 68.5 Å². The predicted molar refractivity (Wildman–Crippen MR) is 217 cm³/mol. The van der Waals surface area contributed by atoms with Gasteiger partial charge in [0.25, 0.3) is 5.91 Å². The molecule has 0 bridgehead atoms. The summed E-state index contributed by atoms with van der Waals surface area (Å²) in [6.07, 6.45) is 11.0. The average Bonchev–Trinajstić information content (AvgIpc) is 3.48. The molecular formula is C46H47N4O3+. The first-order valence-corrected chi connectivity index (χ1v) is 18.5. The molecule has 4 amide bonds. The van der Waals surface area contributed by atoms with Gasteiger partial charge in [0.2, 0.25) is 0 Å².